The van der Waals surface area contributed by atoms with Crippen molar-refractivity contribution in [1.82, 2.24) is 9.97 Å². The highest BCUT2D eigenvalue weighted by atomic mass is 16.6. The van der Waals surface area contributed by atoms with E-state index < -0.39 is 5.60 Å². The summed E-state index contributed by atoms with van der Waals surface area (Å²) in [7, 11) is 0. The lowest BCUT2D eigenvalue weighted by Crippen LogP contribution is -2.22. The van der Waals surface area contributed by atoms with Crippen molar-refractivity contribution in [3.63, 3.8) is 0 Å². The van der Waals surface area contributed by atoms with E-state index in [9.17, 15) is 4.79 Å². The lowest BCUT2D eigenvalue weighted by molar-refractivity contribution is -0.148. The van der Waals surface area contributed by atoms with E-state index >= 15 is 0 Å². The van der Waals surface area contributed by atoms with E-state index in [1.807, 2.05) is 20.8 Å². The van der Waals surface area contributed by atoms with Crippen molar-refractivity contribution in [2.24, 2.45) is 0 Å². The Morgan fingerprint density at radius 3 is 2.47 bits per heavy atom. The first-order valence-corrected chi connectivity index (χ1v) is 4.63. The lowest BCUT2D eigenvalue weighted by Gasteiger charge is -2.17. The summed E-state index contributed by atoms with van der Waals surface area (Å²) in [5.74, 6) is -0.369. The molecule has 0 aliphatic rings. The van der Waals surface area contributed by atoms with Crippen LogP contribution in [0.3, 0.4) is 0 Å². The molecule has 0 unspecified atom stereocenters. The number of nitrogens with zero attached hydrogens (tertiary/aromatic N) is 2. The van der Waals surface area contributed by atoms with Crippen LogP contribution in [0, 0.1) is 0 Å². The van der Waals surface area contributed by atoms with E-state index in [0.29, 0.717) is 0 Å². The highest BCUT2D eigenvalue weighted by Gasteiger charge is 2.13. The molecular formula is C11H14N2O2. The SMILES string of the molecule is CC(C)(C)OC(=O)/C=C/c1cncnc1. The molecule has 0 saturated heterocycles. The van der Waals surface area contributed by atoms with Crippen LogP contribution in [0.15, 0.2) is 24.8 Å². The number of carbonyl (C=O) groups excluding carboxylic acids is 1. The molecule has 4 heteroatoms. The molecule has 0 bridgehead atoms. The minimum absolute atomic E-state index is 0.369. The Kier molecular flexibility index (Phi) is 3.55. The summed E-state index contributed by atoms with van der Waals surface area (Å²) in [5, 5.41) is 0. The smallest absolute Gasteiger partial charge is 0.331 e. The fraction of sp³-hybridized carbons (Fsp3) is 0.364. The van der Waals surface area contributed by atoms with Crippen LogP contribution < -0.4 is 0 Å². The average Bonchev–Trinajstić information content (AvgIpc) is 2.14. The molecule has 0 amide bonds. The van der Waals surface area contributed by atoms with Crippen LogP contribution in [0.4, 0.5) is 0 Å². The van der Waals surface area contributed by atoms with Crippen LogP contribution in [0.1, 0.15) is 26.3 Å². The molecular weight excluding hydrogens is 192 g/mol. The minimum Gasteiger partial charge on any atom is -0.457 e. The van der Waals surface area contributed by atoms with Crippen LogP contribution in [0.25, 0.3) is 6.08 Å². The Morgan fingerprint density at radius 2 is 1.93 bits per heavy atom. The first-order chi connectivity index (χ1) is 6.97. The maximum atomic E-state index is 11.3. The van der Waals surface area contributed by atoms with Crippen molar-refractivity contribution in [3.05, 3.63) is 30.4 Å². The molecule has 0 fully saturated rings. The predicted octanol–water partition coefficient (Wildman–Crippen LogP) is 1.83. The third-order valence-electron chi connectivity index (χ3n) is 1.40. The van der Waals surface area contributed by atoms with Crippen molar-refractivity contribution < 1.29 is 9.53 Å². The zero-order chi connectivity index (χ0) is 11.3. The van der Waals surface area contributed by atoms with Crippen LogP contribution >= 0.6 is 0 Å². The van der Waals surface area contributed by atoms with Gasteiger partial charge >= 0.3 is 5.97 Å². The van der Waals surface area contributed by atoms with E-state index in [-0.39, 0.29) is 5.97 Å². The molecule has 0 aliphatic carbocycles. The Hall–Kier alpha value is -1.71. The first-order valence-electron chi connectivity index (χ1n) is 4.63. The molecule has 1 aromatic heterocycles. The van der Waals surface area contributed by atoms with Gasteiger partial charge in [-0.25, -0.2) is 14.8 Å². The summed E-state index contributed by atoms with van der Waals surface area (Å²) < 4.78 is 5.09. The summed E-state index contributed by atoms with van der Waals surface area (Å²) in [4.78, 5) is 18.9. The number of carbonyl (C=O) groups is 1. The molecule has 0 radical (unpaired) electrons. The summed E-state index contributed by atoms with van der Waals surface area (Å²) in [5.41, 5.74) is 0.303. The van der Waals surface area contributed by atoms with Gasteiger partial charge in [-0.15, -0.1) is 0 Å². The first kappa shape index (κ1) is 11.4. The van der Waals surface area contributed by atoms with E-state index in [2.05, 4.69) is 9.97 Å². The number of esters is 1. The third-order valence-corrected chi connectivity index (χ3v) is 1.40. The van der Waals surface area contributed by atoms with Gasteiger partial charge in [0, 0.05) is 24.0 Å². The second kappa shape index (κ2) is 4.68. The van der Waals surface area contributed by atoms with Gasteiger partial charge in [0.15, 0.2) is 0 Å². The Bertz CT molecular complexity index is 353. The molecule has 4 nitrogen and oxygen atoms in total. The van der Waals surface area contributed by atoms with Gasteiger partial charge in [-0.1, -0.05) is 0 Å². The molecule has 0 spiro atoms. The second-order valence-electron chi connectivity index (χ2n) is 4.04. The highest BCUT2D eigenvalue weighted by Crippen LogP contribution is 2.07. The molecule has 0 saturated carbocycles. The van der Waals surface area contributed by atoms with Crippen LogP contribution in [-0.4, -0.2) is 21.5 Å². The van der Waals surface area contributed by atoms with Crippen molar-refractivity contribution in [2.45, 2.75) is 26.4 Å². The van der Waals surface area contributed by atoms with E-state index in [1.165, 1.54) is 12.4 Å². The fourth-order valence-electron chi connectivity index (χ4n) is 0.897. The third kappa shape index (κ3) is 4.90. The monoisotopic (exact) mass is 206 g/mol. The molecule has 0 aromatic carbocycles. The van der Waals surface area contributed by atoms with Crippen molar-refractivity contribution in [2.75, 3.05) is 0 Å². The quantitative estimate of drug-likeness (QED) is 0.547. The largest absolute Gasteiger partial charge is 0.457 e. The zero-order valence-electron chi connectivity index (χ0n) is 9.10. The number of hydrogen-bond acceptors (Lipinski definition) is 4. The number of rotatable bonds is 2. The summed E-state index contributed by atoms with van der Waals surface area (Å²) in [6.07, 6.45) is 7.66. The number of aromatic nitrogens is 2. The Labute approximate surface area is 89.0 Å². The van der Waals surface area contributed by atoms with Gasteiger partial charge in [-0.3, -0.25) is 0 Å². The number of ether oxygens (including phenoxy) is 1. The van der Waals surface area contributed by atoms with Crippen LogP contribution in [0.2, 0.25) is 0 Å². The fourth-order valence-corrected chi connectivity index (χ4v) is 0.897. The van der Waals surface area contributed by atoms with E-state index in [0.717, 1.165) is 5.56 Å². The van der Waals surface area contributed by atoms with E-state index in [4.69, 9.17) is 4.74 Å². The molecule has 1 heterocycles. The molecule has 15 heavy (non-hydrogen) atoms. The lowest BCUT2D eigenvalue weighted by atomic mass is 10.2. The van der Waals surface area contributed by atoms with Gasteiger partial charge in [0.05, 0.1) is 0 Å². The van der Waals surface area contributed by atoms with Gasteiger partial charge in [-0.05, 0) is 26.8 Å². The molecule has 1 aromatic rings. The Morgan fingerprint density at radius 1 is 1.33 bits per heavy atom. The van der Waals surface area contributed by atoms with Gasteiger partial charge in [0.2, 0.25) is 0 Å². The molecule has 0 aliphatic heterocycles. The van der Waals surface area contributed by atoms with Gasteiger partial charge in [0.1, 0.15) is 11.9 Å². The van der Waals surface area contributed by atoms with E-state index in [1.54, 1.807) is 18.5 Å². The van der Waals surface area contributed by atoms with Crippen LogP contribution in [-0.2, 0) is 9.53 Å². The van der Waals surface area contributed by atoms with Gasteiger partial charge in [0.25, 0.3) is 0 Å². The molecule has 80 valence electrons. The summed E-state index contributed by atoms with van der Waals surface area (Å²) in [6.45, 7) is 5.47. The zero-order valence-corrected chi connectivity index (χ0v) is 9.10. The molecule has 0 N–H and O–H groups in total. The average molecular weight is 206 g/mol. The van der Waals surface area contributed by atoms with Crippen molar-refractivity contribution in [1.29, 1.82) is 0 Å². The maximum Gasteiger partial charge on any atom is 0.331 e. The number of hydrogen-bond donors (Lipinski definition) is 0. The minimum atomic E-state index is -0.464. The van der Waals surface area contributed by atoms with Gasteiger partial charge in [-0.2, -0.15) is 0 Å². The topological polar surface area (TPSA) is 52.1 Å². The standard InChI is InChI=1S/C11H14N2O2/c1-11(2,3)15-10(14)5-4-9-6-12-8-13-7-9/h4-8H,1-3H3/b5-4+. The van der Waals surface area contributed by atoms with Crippen molar-refractivity contribution in [3.8, 4) is 0 Å². The normalized spacial score (nSPS) is 11.7. The maximum absolute atomic E-state index is 11.3. The molecule has 0 atom stereocenters. The summed E-state index contributed by atoms with van der Waals surface area (Å²) in [6, 6.07) is 0. The van der Waals surface area contributed by atoms with Gasteiger partial charge < -0.3 is 4.74 Å². The van der Waals surface area contributed by atoms with Crippen molar-refractivity contribution >= 4 is 12.0 Å². The van der Waals surface area contributed by atoms with Crippen LogP contribution in [0.5, 0.6) is 0 Å². The Balaban J connectivity index is 2.56. The molecule has 1 rings (SSSR count). The second-order valence-corrected chi connectivity index (χ2v) is 4.04. The summed E-state index contributed by atoms with van der Waals surface area (Å²) >= 11 is 0. The predicted molar refractivity (Wildman–Crippen MR) is 56.9 cm³/mol. The highest BCUT2D eigenvalue weighted by molar-refractivity contribution is 5.87.